The van der Waals surface area contributed by atoms with Crippen LogP contribution in [0, 0.1) is 12.3 Å². The second-order valence-electron chi connectivity index (χ2n) is 11.2. The second kappa shape index (κ2) is 9.18. The van der Waals surface area contributed by atoms with Crippen molar-refractivity contribution >= 4 is 22.5 Å². The number of pyridine rings is 1. The smallest absolute Gasteiger partial charge is 0.245 e. The van der Waals surface area contributed by atoms with Crippen molar-refractivity contribution in [3.8, 4) is 16.9 Å². The number of fused-ring (bicyclic) bond motifs is 2. The van der Waals surface area contributed by atoms with E-state index >= 15 is 0 Å². The van der Waals surface area contributed by atoms with E-state index in [1.54, 1.807) is 6.07 Å². The van der Waals surface area contributed by atoms with Gasteiger partial charge >= 0.3 is 0 Å². The van der Waals surface area contributed by atoms with Crippen LogP contribution in [0.25, 0.3) is 21.9 Å². The molecule has 3 aliphatic heterocycles. The third-order valence-electron chi connectivity index (χ3n) is 8.60. The molecule has 1 spiro atoms. The highest BCUT2D eigenvalue weighted by Crippen LogP contribution is 2.45. The number of carbonyl (C=O) groups excluding carboxylic acids is 1. The number of phenolic OH excluding ortho intramolecular Hbond substituents is 1. The molecule has 1 aromatic heterocycles. The maximum Gasteiger partial charge on any atom is 0.245 e. The average Bonchev–Trinajstić information content (AvgIpc) is 3.33. The summed E-state index contributed by atoms with van der Waals surface area (Å²) < 4.78 is 0. The Labute approximate surface area is 219 Å². The van der Waals surface area contributed by atoms with Crippen molar-refractivity contribution in [2.45, 2.75) is 39.7 Å². The summed E-state index contributed by atoms with van der Waals surface area (Å²) in [4.78, 5) is 24.3. The molecule has 0 saturated carbocycles. The Balaban J connectivity index is 1.43. The molecule has 192 valence electrons. The number of nitrogens with zero attached hydrogens (tertiary/aromatic N) is 4. The van der Waals surface area contributed by atoms with Crippen LogP contribution in [0.4, 0.5) is 5.82 Å². The summed E-state index contributed by atoms with van der Waals surface area (Å²) in [5.41, 5.74) is 6.50. The van der Waals surface area contributed by atoms with Crippen LogP contribution in [0.5, 0.6) is 5.75 Å². The van der Waals surface area contributed by atoms with Gasteiger partial charge in [0, 0.05) is 44.7 Å². The van der Waals surface area contributed by atoms with Gasteiger partial charge in [-0.05, 0) is 84.0 Å². The SMILES string of the molecule is C=CC(=O)N1CC2(CCN(c3nc4c(c(-c5cccc6cc(O)ccc56)c3C)CCN(CCC)C4)C2)C1. The summed E-state index contributed by atoms with van der Waals surface area (Å²) >= 11 is 0. The van der Waals surface area contributed by atoms with Crippen LogP contribution in [-0.2, 0) is 17.8 Å². The number of amides is 1. The highest BCUT2D eigenvalue weighted by Gasteiger charge is 2.49. The van der Waals surface area contributed by atoms with Gasteiger partial charge in [-0.15, -0.1) is 0 Å². The Morgan fingerprint density at radius 1 is 1.19 bits per heavy atom. The zero-order chi connectivity index (χ0) is 25.7. The molecule has 0 atom stereocenters. The minimum absolute atomic E-state index is 0.0347. The molecule has 6 rings (SSSR count). The Kier molecular flexibility index (Phi) is 5.95. The zero-order valence-corrected chi connectivity index (χ0v) is 22.0. The van der Waals surface area contributed by atoms with Crippen LogP contribution in [-0.4, -0.2) is 65.1 Å². The van der Waals surface area contributed by atoms with Gasteiger partial charge in [0.1, 0.15) is 11.6 Å². The number of carbonyl (C=O) groups is 1. The first-order chi connectivity index (χ1) is 17.9. The summed E-state index contributed by atoms with van der Waals surface area (Å²) in [5.74, 6) is 1.42. The Hall–Kier alpha value is -3.38. The lowest BCUT2D eigenvalue weighted by atomic mass is 9.79. The number of benzene rings is 2. The lowest BCUT2D eigenvalue weighted by Gasteiger charge is -2.47. The average molecular weight is 497 g/mol. The molecule has 3 aliphatic rings. The lowest BCUT2D eigenvalue weighted by molar-refractivity contribution is -0.136. The van der Waals surface area contributed by atoms with Crippen LogP contribution in [0.2, 0.25) is 0 Å². The third-order valence-corrected chi connectivity index (χ3v) is 8.60. The number of rotatable bonds is 5. The van der Waals surface area contributed by atoms with Crippen LogP contribution >= 0.6 is 0 Å². The van der Waals surface area contributed by atoms with E-state index in [-0.39, 0.29) is 11.3 Å². The van der Waals surface area contributed by atoms with Gasteiger partial charge in [0.25, 0.3) is 0 Å². The molecule has 2 saturated heterocycles. The fourth-order valence-electron chi connectivity index (χ4n) is 6.81. The summed E-state index contributed by atoms with van der Waals surface area (Å²) in [5, 5.41) is 12.3. The largest absolute Gasteiger partial charge is 0.508 e. The van der Waals surface area contributed by atoms with Crippen molar-refractivity contribution in [2.24, 2.45) is 5.41 Å². The van der Waals surface area contributed by atoms with Gasteiger partial charge in [0.15, 0.2) is 0 Å². The van der Waals surface area contributed by atoms with E-state index in [1.165, 1.54) is 34.0 Å². The van der Waals surface area contributed by atoms with E-state index in [4.69, 9.17) is 4.98 Å². The van der Waals surface area contributed by atoms with Crippen molar-refractivity contribution in [2.75, 3.05) is 44.2 Å². The minimum atomic E-state index is 0.0347. The standard InChI is InChI=1S/C31H36N4O2/c1-4-13-33-14-11-26-27(17-33)32-30(34-15-12-31(18-34)19-35(20-31)28(37)5-2)21(3)29(26)25-8-6-7-22-16-23(36)9-10-24(22)25/h5-10,16,36H,2,4,11-15,17-20H2,1,3H3. The van der Waals surface area contributed by atoms with Crippen molar-refractivity contribution in [1.29, 1.82) is 0 Å². The maximum atomic E-state index is 12.1. The Morgan fingerprint density at radius 3 is 2.81 bits per heavy atom. The van der Waals surface area contributed by atoms with E-state index in [9.17, 15) is 9.90 Å². The van der Waals surface area contributed by atoms with Gasteiger partial charge in [-0.1, -0.05) is 37.8 Å². The fraction of sp³-hybridized carbons (Fsp3) is 0.419. The van der Waals surface area contributed by atoms with Gasteiger partial charge in [0.05, 0.1) is 5.69 Å². The van der Waals surface area contributed by atoms with Crippen LogP contribution in [0.3, 0.4) is 0 Å². The highest BCUT2D eigenvalue weighted by molar-refractivity contribution is 5.99. The quantitative estimate of drug-likeness (QED) is 0.509. The zero-order valence-electron chi connectivity index (χ0n) is 22.0. The van der Waals surface area contributed by atoms with E-state index < -0.39 is 0 Å². The van der Waals surface area contributed by atoms with Gasteiger partial charge in [-0.2, -0.15) is 0 Å². The number of hydrogen-bond donors (Lipinski definition) is 1. The lowest BCUT2D eigenvalue weighted by Crippen LogP contribution is -2.59. The van der Waals surface area contributed by atoms with Crippen LogP contribution in [0.15, 0.2) is 49.1 Å². The van der Waals surface area contributed by atoms with Gasteiger partial charge < -0.3 is 14.9 Å². The molecule has 3 aromatic rings. The maximum absolute atomic E-state index is 12.1. The van der Waals surface area contributed by atoms with E-state index in [1.807, 2.05) is 17.0 Å². The fourth-order valence-corrected chi connectivity index (χ4v) is 6.81. The van der Waals surface area contributed by atoms with E-state index in [2.05, 4.69) is 48.4 Å². The van der Waals surface area contributed by atoms with Gasteiger partial charge in [-0.25, -0.2) is 4.98 Å². The highest BCUT2D eigenvalue weighted by atomic mass is 16.3. The minimum Gasteiger partial charge on any atom is -0.508 e. The summed E-state index contributed by atoms with van der Waals surface area (Å²) in [6, 6.07) is 12.1. The van der Waals surface area contributed by atoms with Crippen molar-refractivity contribution in [1.82, 2.24) is 14.8 Å². The number of phenols is 1. The molecular weight excluding hydrogens is 460 g/mol. The predicted molar refractivity (Wildman–Crippen MR) is 149 cm³/mol. The molecule has 0 unspecified atom stereocenters. The Morgan fingerprint density at radius 2 is 2.03 bits per heavy atom. The monoisotopic (exact) mass is 496 g/mol. The summed E-state index contributed by atoms with van der Waals surface area (Å²) in [6.45, 7) is 14.7. The van der Waals surface area contributed by atoms with Gasteiger partial charge in [-0.3, -0.25) is 9.69 Å². The number of likely N-dealkylation sites (tertiary alicyclic amines) is 1. The first-order valence-electron chi connectivity index (χ1n) is 13.5. The molecule has 37 heavy (non-hydrogen) atoms. The van der Waals surface area contributed by atoms with Crippen molar-refractivity contribution in [3.63, 3.8) is 0 Å². The number of hydrogen-bond acceptors (Lipinski definition) is 5. The number of aromatic nitrogens is 1. The molecule has 1 amide bonds. The first-order valence-corrected chi connectivity index (χ1v) is 13.5. The van der Waals surface area contributed by atoms with E-state index in [0.717, 1.165) is 81.7 Å². The molecule has 2 aromatic carbocycles. The molecule has 1 N–H and O–H groups in total. The second-order valence-corrected chi connectivity index (χ2v) is 11.2. The normalized spacial score (nSPS) is 18.8. The van der Waals surface area contributed by atoms with Crippen molar-refractivity contribution in [3.05, 3.63) is 65.9 Å². The molecule has 0 aliphatic carbocycles. The topological polar surface area (TPSA) is 59.9 Å². The molecule has 0 bridgehead atoms. The summed E-state index contributed by atoms with van der Waals surface area (Å²) in [7, 11) is 0. The molecule has 6 heteroatoms. The molecule has 4 heterocycles. The summed E-state index contributed by atoms with van der Waals surface area (Å²) in [6.07, 6.45) is 4.64. The Bertz CT molecular complexity index is 1390. The van der Waals surface area contributed by atoms with E-state index in [0.29, 0.717) is 5.75 Å². The number of anilines is 1. The van der Waals surface area contributed by atoms with Crippen LogP contribution < -0.4 is 4.90 Å². The van der Waals surface area contributed by atoms with Gasteiger partial charge in [0.2, 0.25) is 5.91 Å². The molecular formula is C31H36N4O2. The predicted octanol–water partition coefficient (Wildman–Crippen LogP) is 4.91. The third kappa shape index (κ3) is 4.08. The molecule has 2 fully saturated rings. The van der Waals surface area contributed by atoms with Crippen molar-refractivity contribution < 1.29 is 9.90 Å². The van der Waals surface area contributed by atoms with Crippen LogP contribution in [0.1, 0.15) is 36.6 Å². The molecule has 0 radical (unpaired) electrons. The first kappa shape index (κ1) is 24.0. The number of aromatic hydroxyl groups is 1. The molecule has 6 nitrogen and oxygen atoms in total.